The van der Waals surface area contributed by atoms with E-state index in [1.807, 2.05) is 6.92 Å². The minimum absolute atomic E-state index is 0.0307. The van der Waals surface area contributed by atoms with Crippen LogP contribution < -0.4 is 0 Å². The van der Waals surface area contributed by atoms with Gasteiger partial charge in [0.25, 0.3) is 0 Å². The summed E-state index contributed by atoms with van der Waals surface area (Å²) in [5.41, 5.74) is 0.476. The van der Waals surface area contributed by atoms with Crippen LogP contribution in [0.4, 0.5) is 0 Å². The van der Waals surface area contributed by atoms with E-state index in [-0.39, 0.29) is 10.9 Å². The minimum Gasteiger partial charge on any atom is -0.510 e. The molecule has 1 unspecified atom stereocenters. The highest BCUT2D eigenvalue weighted by Gasteiger charge is 2.40. The van der Waals surface area contributed by atoms with Crippen molar-refractivity contribution < 1.29 is 9.90 Å². The van der Waals surface area contributed by atoms with Crippen molar-refractivity contribution in [3.05, 3.63) is 24.0 Å². The molecule has 2 nitrogen and oxygen atoms in total. The molecular weight excluding hydrogens is 172 g/mol. The second kappa shape index (κ2) is 2.98. The highest BCUT2D eigenvalue weighted by Crippen LogP contribution is 2.44. The van der Waals surface area contributed by atoms with Gasteiger partial charge in [-0.3, -0.25) is 4.79 Å². The van der Waals surface area contributed by atoms with Gasteiger partial charge in [-0.25, -0.2) is 0 Å². The highest BCUT2D eigenvalue weighted by molar-refractivity contribution is 8.15. The van der Waals surface area contributed by atoms with Crippen LogP contribution in [0.2, 0.25) is 0 Å². The summed E-state index contributed by atoms with van der Waals surface area (Å²) in [5.74, 6) is 0.206. The van der Waals surface area contributed by atoms with Gasteiger partial charge in [0.2, 0.25) is 5.12 Å². The summed E-state index contributed by atoms with van der Waals surface area (Å²) in [6.45, 7) is 7.10. The highest BCUT2D eigenvalue weighted by atomic mass is 32.2. The van der Waals surface area contributed by atoms with Crippen LogP contribution in [0, 0.1) is 0 Å². The van der Waals surface area contributed by atoms with Gasteiger partial charge in [0.15, 0.2) is 0 Å². The normalized spacial score (nSPS) is 29.7. The minimum atomic E-state index is -0.469. The van der Waals surface area contributed by atoms with Crippen LogP contribution in [0.25, 0.3) is 0 Å². The van der Waals surface area contributed by atoms with Crippen molar-refractivity contribution in [1.29, 1.82) is 0 Å². The van der Waals surface area contributed by atoms with Gasteiger partial charge >= 0.3 is 0 Å². The molecule has 0 spiro atoms. The van der Waals surface area contributed by atoms with Crippen LogP contribution in [0.15, 0.2) is 24.0 Å². The molecule has 0 saturated heterocycles. The molecule has 0 amide bonds. The number of allylic oxidation sites excluding steroid dienone is 1. The van der Waals surface area contributed by atoms with Crippen molar-refractivity contribution in [2.24, 2.45) is 0 Å². The van der Waals surface area contributed by atoms with E-state index in [0.29, 0.717) is 12.0 Å². The third-order valence-electron chi connectivity index (χ3n) is 2.01. The zero-order chi connectivity index (χ0) is 9.35. The van der Waals surface area contributed by atoms with E-state index >= 15 is 0 Å². The van der Waals surface area contributed by atoms with Crippen LogP contribution in [-0.4, -0.2) is 15.0 Å². The van der Waals surface area contributed by atoms with E-state index < -0.39 is 4.75 Å². The molecule has 1 atom stereocenters. The van der Waals surface area contributed by atoms with Crippen molar-refractivity contribution in [2.75, 3.05) is 0 Å². The Hall–Kier alpha value is -0.700. The van der Waals surface area contributed by atoms with Crippen molar-refractivity contribution >= 4 is 16.9 Å². The zero-order valence-corrected chi connectivity index (χ0v) is 8.07. The maximum Gasteiger partial charge on any atom is 0.219 e. The van der Waals surface area contributed by atoms with E-state index in [1.165, 1.54) is 11.8 Å². The number of carbonyl (C=O) groups is 1. The number of thioether (sulfide) groups is 1. The maximum absolute atomic E-state index is 11.2. The molecule has 0 aromatic rings. The van der Waals surface area contributed by atoms with Crippen LogP contribution in [0.5, 0.6) is 0 Å². The lowest BCUT2D eigenvalue weighted by molar-refractivity contribution is -0.107. The first-order valence-electron chi connectivity index (χ1n) is 3.76. The average molecular weight is 184 g/mol. The van der Waals surface area contributed by atoms with E-state index in [1.54, 1.807) is 13.0 Å². The molecule has 1 heterocycles. The molecule has 66 valence electrons. The maximum atomic E-state index is 11.2. The Kier molecular flexibility index (Phi) is 2.33. The van der Waals surface area contributed by atoms with Crippen LogP contribution in [0.3, 0.4) is 0 Å². The zero-order valence-electron chi connectivity index (χ0n) is 7.26. The summed E-state index contributed by atoms with van der Waals surface area (Å²) in [4.78, 5) is 11.2. The third kappa shape index (κ3) is 1.29. The van der Waals surface area contributed by atoms with Crippen molar-refractivity contribution in [2.45, 2.75) is 25.0 Å². The van der Waals surface area contributed by atoms with Crippen LogP contribution in [-0.2, 0) is 4.79 Å². The first-order chi connectivity index (χ1) is 5.51. The lowest BCUT2D eigenvalue weighted by Crippen LogP contribution is -2.19. The summed E-state index contributed by atoms with van der Waals surface area (Å²) >= 11 is 1.17. The lowest BCUT2D eigenvalue weighted by Gasteiger charge is -2.19. The molecule has 12 heavy (non-hydrogen) atoms. The SMILES string of the molecule is C=CCC1(C)SC(=O)C(C)=C1O. The van der Waals surface area contributed by atoms with Gasteiger partial charge in [-0.2, -0.15) is 0 Å². The Bertz CT molecular complexity index is 268. The topological polar surface area (TPSA) is 37.3 Å². The van der Waals surface area contributed by atoms with Gasteiger partial charge in [0.1, 0.15) is 5.76 Å². The molecule has 0 aliphatic carbocycles. The van der Waals surface area contributed by atoms with Gasteiger partial charge in [-0.05, 0) is 20.3 Å². The molecule has 0 aromatic carbocycles. The molecule has 1 N–H and O–H groups in total. The smallest absolute Gasteiger partial charge is 0.219 e. The summed E-state index contributed by atoms with van der Waals surface area (Å²) in [5, 5.41) is 9.58. The second-order valence-electron chi connectivity index (χ2n) is 3.09. The molecule has 0 radical (unpaired) electrons. The fourth-order valence-corrected chi connectivity index (χ4v) is 2.35. The molecule has 0 aromatic heterocycles. The van der Waals surface area contributed by atoms with Crippen LogP contribution in [0.1, 0.15) is 20.3 Å². The molecule has 0 fully saturated rings. The van der Waals surface area contributed by atoms with Gasteiger partial charge in [-0.1, -0.05) is 17.8 Å². The fraction of sp³-hybridized carbons (Fsp3) is 0.444. The number of aliphatic hydroxyl groups is 1. The van der Waals surface area contributed by atoms with Gasteiger partial charge in [0, 0.05) is 5.57 Å². The Morgan fingerprint density at radius 2 is 2.33 bits per heavy atom. The Morgan fingerprint density at radius 3 is 2.67 bits per heavy atom. The Morgan fingerprint density at radius 1 is 1.75 bits per heavy atom. The molecule has 0 bridgehead atoms. The molecule has 1 aliphatic heterocycles. The Labute approximate surface area is 76.4 Å². The average Bonchev–Trinajstić information content (AvgIpc) is 2.17. The van der Waals surface area contributed by atoms with Crippen LogP contribution >= 0.6 is 11.8 Å². The van der Waals surface area contributed by atoms with Gasteiger partial charge < -0.3 is 5.11 Å². The van der Waals surface area contributed by atoms with Gasteiger partial charge in [0.05, 0.1) is 4.75 Å². The van der Waals surface area contributed by atoms with E-state index in [2.05, 4.69) is 6.58 Å². The number of hydrogen-bond acceptors (Lipinski definition) is 3. The van der Waals surface area contributed by atoms with Gasteiger partial charge in [-0.15, -0.1) is 6.58 Å². The predicted octanol–water partition coefficient (Wildman–Crippen LogP) is 2.43. The fourth-order valence-electron chi connectivity index (χ4n) is 1.24. The van der Waals surface area contributed by atoms with Crippen molar-refractivity contribution in [1.82, 2.24) is 0 Å². The number of carbonyl (C=O) groups excluding carboxylic acids is 1. The largest absolute Gasteiger partial charge is 0.510 e. The standard InChI is InChI=1S/C9H12O2S/c1-4-5-9(3)7(10)6(2)8(11)12-9/h4,10H,1,5H2,2-3H3. The first kappa shape index (κ1) is 9.39. The van der Waals surface area contributed by atoms with Crippen molar-refractivity contribution in [3.8, 4) is 0 Å². The number of hydrogen-bond donors (Lipinski definition) is 1. The van der Waals surface area contributed by atoms with E-state index in [0.717, 1.165) is 0 Å². The predicted molar refractivity (Wildman–Crippen MR) is 51.1 cm³/mol. The molecule has 1 aliphatic rings. The first-order valence-corrected chi connectivity index (χ1v) is 4.57. The summed E-state index contributed by atoms with van der Waals surface area (Å²) < 4.78 is -0.469. The van der Waals surface area contributed by atoms with E-state index in [4.69, 9.17) is 0 Å². The quantitative estimate of drug-likeness (QED) is 0.670. The Balaban J connectivity index is 2.99. The number of rotatable bonds is 2. The van der Waals surface area contributed by atoms with E-state index in [9.17, 15) is 9.90 Å². The number of aliphatic hydroxyl groups excluding tert-OH is 1. The summed E-state index contributed by atoms with van der Waals surface area (Å²) in [6.07, 6.45) is 2.34. The molecule has 0 saturated carbocycles. The molecular formula is C9H12O2S. The molecule has 3 heteroatoms. The monoisotopic (exact) mass is 184 g/mol. The van der Waals surface area contributed by atoms with Crippen molar-refractivity contribution in [3.63, 3.8) is 0 Å². The summed E-state index contributed by atoms with van der Waals surface area (Å²) in [7, 11) is 0. The third-order valence-corrected chi connectivity index (χ3v) is 3.32. The summed E-state index contributed by atoms with van der Waals surface area (Å²) in [6, 6.07) is 0. The lowest BCUT2D eigenvalue weighted by atomic mass is 10.0. The molecule has 1 rings (SSSR count). The second-order valence-corrected chi connectivity index (χ2v) is 4.56.